The van der Waals surface area contributed by atoms with E-state index in [2.05, 4.69) is 5.32 Å². The molecule has 7 nitrogen and oxygen atoms in total. The van der Waals surface area contributed by atoms with Crippen molar-refractivity contribution >= 4 is 39.9 Å². The Bertz CT molecular complexity index is 1500. The molecule has 0 bridgehead atoms. The number of benzene rings is 3. The van der Waals surface area contributed by atoms with Gasteiger partial charge in [0.1, 0.15) is 11.4 Å². The molecule has 1 unspecified atom stereocenters. The second-order valence-corrected chi connectivity index (χ2v) is 8.55. The zero-order chi connectivity index (χ0) is 25.8. The van der Waals surface area contributed by atoms with Crippen LogP contribution in [0.15, 0.2) is 77.6 Å². The number of pyridine rings is 1. The second-order valence-electron chi connectivity index (χ2n) is 8.14. The van der Waals surface area contributed by atoms with Crippen LogP contribution in [-0.4, -0.2) is 29.7 Å². The van der Waals surface area contributed by atoms with Gasteiger partial charge >= 0.3 is 5.97 Å². The van der Waals surface area contributed by atoms with E-state index >= 15 is 0 Å². The predicted octanol–water partition coefficient (Wildman–Crippen LogP) is 5.44. The Morgan fingerprint density at radius 3 is 2.31 bits per heavy atom. The fourth-order valence-corrected chi connectivity index (χ4v) is 4.33. The molecular weight excluding hydrogens is 480 g/mol. The maximum atomic E-state index is 13.5. The third-order valence-corrected chi connectivity index (χ3v) is 6.19. The van der Waals surface area contributed by atoms with Crippen LogP contribution in [0, 0.1) is 0 Å². The highest BCUT2D eigenvalue weighted by Crippen LogP contribution is 2.31. The first-order valence-corrected chi connectivity index (χ1v) is 11.8. The number of nitrogens with one attached hydrogen (secondary N) is 1. The minimum atomic E-state index is -1.09. The number of ether oxygens (including phenoxy) is 2. The first-order valence-electron chi connectivity index (χ1n) is 11.4. The van der Waals surface area contributed by atoms with E-state index in [9.17, 15) is 14.4 Å². The molecule has 0 fully saturated rings. The lowest BCUT2D eigenvalue weighted by Gasteiger charge is -2.20. The third-order valence-electron chi connectivity index (χ3n) is 5.89. The fourth-order valence-electron chi connectivity index (χ4n) is 4.08. The van der Waals surface area contributed by atoms with Crippen molar-refractivity contribution in [2.45, 2.75) is 19.4 Å². The number of anilines is 1. The average molecular weight is 505 g/mol. The van der Waals surface area contributed by atoms with Crippen molar-refractivity contribution in [3.8, 4) is 16.9 Å². The molecule has 1 atom stereocenters. The number of fused-ring (bicyclic) bond motifs is 1. The van der Waals surface area contributed by atoms with E-state index in [1.54, 1.807) is 43.3 Å². The average Bonchev–Trinajstić information content (AvgIpc) is 2.89. The number of hydrogen-bond acceptors (Lipinski definition) is 5. The molecule has 4 aromatic rings. The molecule has 0 aliphatic rings. The van der Waals surface area contributed by atoms with Gasteiger partial charge in [0.25, 0.3) is 11.5 Å². The summed E-state index contributed by atoms with van der Waals surface area (Å²) in [5.41, 5.74) is 1.49. The highest BCUT2D eigenvalue weighted by Gasteiger charge is 2.28. The van der Waals surface area contributed by atoms with Gasteiger partial charge in [-0.05, 0) is 41.6 Å². The molecule has 0 saturated carbocycles. The Labute approximate surface area is 213 Å². The largest absolute Gasteiger partial charge is 0.495 e. The van der Waals surface area contributed by atoms with E-state index in [0.29, 0.717) is 32.8 Å². The molecule has 1 N–H and O–H groups in total. The van der Waals surface area contributed by atoms with Crippen molar-refractivity contribution < 1.29 is 19.1 Å². The number of aromatic nitrogens is 1. The fraction of sp³-hybridized carbons (Fsp3) is 0.179. The topological polar surface area (TPSA) is 86.6 Å². The molecule has 4 rings (SSSR count). The van der Waals surface area contributed by atoms with Crippen molar-refractivity contribution in [1.29, 1.82) is 0 Å². The van der Waals surface area contributed by atoms with Crippen molar-refractivity contribution in [2.24, 2.45) is 7.05 Å². The zero-order valence-corrected chi connectivity index (χ0v) is 20.8. The van der Waals surface area contributed by atoms with Crippen LogP contribution in [0.1, 0.15) is 23.8 Å². The number of methoxy groups -OCH3 is 1. The van der Waals surface area contributed by atoms with E-state index < -0.39 is 18.0 Å². The molecule has 8 heteroatoms. The van der Waals surface area contributed by atoms with E-state index in [1.165, 1.54) is 18.7 Å². The standard InChI is InChI=1S/C28H25ClN2O5/c1-4-22(26(32)30-18-14-15-23(35-3)21(29)16-18)36-28(34)25-24(17-10-6-5-7-11-17)19-12-8-9-13-20(19)27(33)31(25)2/h5-16,22H,4H2,1-3H3,(H,30,32). The molecule has 184 valence electrons. The minimum absolute atomic E-state index is 0.0728. The Hall–Kier alpha value is -4.10. The molecule has 0 aliphatic carbocycles. The van der Waals surface area contributed by atoms with Crippen LogP contribution in [0.3, 0.4) is 0 Å². The lowest BCUT2D eigenvalue weighted by molar-refractivity contribution is -0.124. The number of hydrogen-bond donors (Lipinski definition) is 1. The van der Waals surface area contributed by atoms with Crippen LogP contribution < -0.4 is 15.6 Å². The van der Waals surface area contributed by atoms with Gasteiger partial charge in [0.15, 0.2) is 6.10 Å². The number of halogens is 1. The summed E-state index contributed by atoms with van der Waals surface area (Å²) in [5.74, 6) is -0.813. The summed E-state index contributed by atoms with van der Waals surface area (Å²) in [6, 6.07) is 21.2. The summed E-state index contributed by atoms with van der Waals surface area (Å²) >= 11 is 6.15. The van der Waals surface area contributed by atoms with Crippen LogP contribution in [-0.2, 0) is 16.6 Å². The van der Waals surface area contributed by atoms with Crippen LogP contribution >= 0.6 is 11.6 Å². The van der Waals surface area contributed by atoms with Gasteiger partial charge in [0, 0.05) is 23.7 Å². The maximum absolute atomic E-state index is 13.5. The number of amides is 1. The van der Waals surface area contributed by atoms with E-state index in [4.69, 9.17) is 21.1 Å². The van der Waals surface area contributed by atoms with Crippen LogP contribution in [0.5, 0.6) is 5.75 Å². The zero-order valence-electron chi connectivity index (χ0n) is 20.1. The molecule has 0 spiro atoms. The molecule has 1 heterocycles. The quantitative estimate of drug-likeness (QED) is 0.338. The Balaban J connectivity index is 1.71. The van der Waals surface area contributed by atoms with Gasteiger partial charge in [-0.3, -0.25) is 9.59 Å². The summed E-state index contributed by atoms with van der Waals surface area (Å²) in [6.45, 7) is 1.73. The first kappa shape index (κ1) is 25.0. The number of carbonyl (C=O) groups is 2. The highest BCUT2D eigenvalue weighted by molar-refractivity contribution is 6.32. The van der Waals surface area contributed by atoms with Crippen LogP contribution in [0.25, 0.3) is 21.9 Å². The first-order chi connectivity index (χ1) is 17.3. The molecule has 0 radical (unpaired) electrons. The van der Waals surface area contributed by atoms with Crippen molar-refractivity contribution in [2.75, 3.05) is 12.4 Å². The highest BCUT2D eigenvalue weighted by atomic mass is 35.5. The van der Waals surface area contributed by atoms with E-state index in [0.717, 1.165) is 5.56 Å². The summed E-state index contributed by atoms with van der Waals surface area (Å²) in [4.78, 5) is 39.6. The SMILES string of the molecule is CCC(OC(=O)c1c(-c2ccccc2)c2ccccc2c(=O)n1C)C(=O)Nc1ccc(OC)c(Cl)c1. The lowest BCUT2D eigenvalue weighted by Crippen LogP contribution is -2.34. The van der Waals surface area contributed by atoms with Crippen LogP contribution in [0.4, 0.5) is 5.69 Å². The molecule has 3 aromatic carbocycles. The number of esters is 1. The smallest absolute Gasteiger partial charge is 0.356 e. The van der Waals surface area contributed by atoms with Gasteiger partial charge in [0.05, 0.1) is 12.1 Å². The molecule has 36 heavy (non-hydrogen) atoms. The monoisotopic (exact) mass is 504 g/mol. The van der Waals surface area contributed by atoms with Crippen molar-refractivity contribution in [1.82, 2.24) is 4.57 Å². The van der Waals surface area contributed by atoms with Crippen LogP contribution in [0.2, 0.25) is 5.02 Å². The molecule has 0 saturated heterocycles. The van der Waals surface area contributed by atoms with E-state index in [-0.39, 0.29) is 17.7 Å². The Morgan fingerprint density at radius 1 is 1.00 bits per heavy atom. The van der Waals surface area contributed by atoms with Crippen molar-refractivity contribution in [3.05, 3.63) is 93.9 Å². The second kappa shape index (κ2) is 10.7. The molecule has 1 aromatic heterocycles. The summed E-state index contributed by atoms with van der Waals surface area (Å²) in [7, 11) is 3.02. The summed E-state index contributed by atoms with van der Waals surface area (Å²) in [5, 5.41) is 4.16. The summed E-state index contributed by atoms with van der Waals surface area (Å²) in [6.07, 6.45) is -0.868. The summed E-state index contributed by atoms with van der Waals surface area (Å²) < 4.78 is 12.1. The Morgan fingerprint density at radius 2 is 1.67 bits per heavy atom. The van der Waals surface area contributed by atoms with Crippen molar-refractivity contribution in [3.63, 3.8) is 0 Å². The number of rotatable bonds is 7. The molecule has 1 amide bonds. The lowest BCUT2D eigenvalue weighted by atomic mass is 9.97. The van der Waals surface area contributed by atoms with Gasteiger partial charge in [-0.1, -0.05) is 67.1 Å². The normalized spacial score (nSPS) is 11.7. The van der Waals surface area contributed by atoms with Gasteiger partial charge in [-0.15, -0.1) is 0 Å². The third kappa shape index (κ3) is 4.83. The van der Waals surface area contributed by atoms with Gasteiger partial charge in [-0.2, -0.15) is 0 Å². The minimum Gasteiger partial charge on any atom is -0.495 e. The number of nitrogens with zero attached hydrogens (tertiary/aromatic N) is 1. The molecule has 0 aliphatic heterocycles. The number of carbonyl (C=O) groups excluding carboxylic acids is 2. The van der Waals surface area contributed by atoms with Gasteiger partial charge in [0.2, 0.25) is 0 Å². The predicted molar refractivity (Wildman–Crippen MR) is 141 cm³/mol. The van der Waals surface area contributed by atoms with Gasteiger partial charge in [-0.25, -0.2) is 4.79 Å². The Kier molecular flexibility index (Phi) is 7.41. The maximum Gasteiger partial charge on any atom is 0.356 e. The molecular formula is C28H25ClN2O5. The van der Waals surface area contributed by atoms with Gasteiger partial charge < -0.3 is 19.4 Å². The van der Waals surface area contributed by atoms with E-state index in [1.807, 2.05) is 36.4 Å².